The lowest BCUT2D eigenvalue weighted by atomic mass is 9.53. The SMILES string of the molecule is [B]c1c([B])c([B])c(-c2nc(C34CCC(c5ccccc53)c3ccccc34)c3ccccc3n2)c([B])c1[B]. The van der Waals surface area contributed by atoms with Gasteiger partial charge in [0.15, 0.2) is 5.82 Å². The van der Waals surface area contributed by atoms with Crippen molar-refractivity contribution < 1.29 is 0 Å². The van der Waals surface area contributed by atoms with E-state index in [1.54, 1.807) is 0 Å². The summed E-state index contributed by atoms with van der Waals surface area (Å²) < 4.78 is 0. The molecule has 3 aliphatic carbocycles. The Labute approximate surface area is 223 Å². The Morgan fingerprint density at radius 2 is 1.16 bits per heavy atom. The number of benzene rings is 4. The van der Waals surface area contributed by atoms with Crippen LogP contribution in [0, 0.1) is 0 Å². The fraction of sp³-hybridized carbons (Fsp3) is 0.133. The Hall–Kier alpha value is -3.46. The largest absolute Gasteiger partial charge is 0.231 e. The van der Waals surface area contributed by atoms with Gasteiger partial charge in [-0.25, -0.2) is 9.97 Å². The normalized spacial score (nSPS) is 19.5. The highest BCUT2D eigenvalue weighted by Gasteiger charge is 2.50. The minimum absolute atomic E-state index is 0.173. The molecule has 1 aromatic heterocycles. The van der Waals surface area contributed by atoms with E-state index in [-0.39, 0.29) is 27.3 Å². The fourth-order valence-corrected chi connectivity index (χ4v) is 6.61. The number of hydrogen-bond donors (Lipinski definition) is 0. The van der Waals surface area contributed by atoms with E-state index in [0.29, 0.717) is 17.3 Å². The summed E-state index contributed by atoms with van der Waals surface area (Å²) >= 11 is 0. The molecule has 0 saturated heterocycles. The number of para-hydroxylation sites is 1. The highest BCUT2D eigenvalue weighted by atomic mass is 14.9. The number of hydrogen-bond acceptors (Lipinski definition) is 2. The maximum Gasteiger partial charge on any atom is 0.158 e. The van der Waals surface area contributed by atoms with E-state index in [4.69, 9.17) is 49.2 Å². The molecule has 0 unspecified atom stereocenters. The zero-order chi connectivity index (χ0) is 25.5. The number of rotatable bonds is 2. The van der Waals surface area contributed by atoms with E-state index in [1.807, 2.05) is 18.2 Å². The third-order valence-corrected chi connectivity index (χ3v) is 8.33. The Kier molecular flexibility index (Phi) is 4.92. The molecule has 5 aromatic rings. The smallest absolute Gasteiger partial charge is 0.158 e. The monoisotopic (exact) mass is 460 g/mol. The lowest BCUT2D eigenvalue weighted by Crippen LogP contribution is -2.55. The molecule has 3 aliphatic rings. The summed E-state index contributed by atoms with van der Waals surface area (Å²) in [5.74, 6) is 0.768. The summed E-state index contributed by atoms with van der Waals surface area (Å²) in [5.41, 5.74) is 8.00. The van der Waals surface area contributed by atoms with Crippen molar-refractivity contribution in [1.82, 2.24) is 9.97 Å². The first-order valence-electron chi connectivity index (χ1n) is 12.4. The summed E-state index contributed by atoms with van der Waals surface area (Å²) in [6, 6.07) is 25.6. The van der Waals surface area contributed by atoms with Crippen molar-refractivity contribution in [2.45, 2.75) is 24.2 Å². The Morgan fingerprint density at radius 1 is 0.622 bits per heavy atom. The molecular weight excluding hydrogens is 442 g/mol. The average molecular weight is 460 g/mol. The topological polar surface area (TPSA) is 25.8 Å². The maximum absolute atomic E-state index is 6.46. The van der Waals surface area contributed by atoms with Crippen LogP contribution in [0.5, 0.6) is 0 Å². The van der Waals surface area contributed by atoms with Crippen molar-refractivity contribution in [2.75, 3.05) is 0 Å². The molecule has 8 rings (SSSR count). The van der Waals surface area contributed by atoms with Crippen LogP contribution >= 0.6 is 0 Å². The molecule has 4 aromatic carbocycles. The Morgan fingerprint density at radius 3 is 1.81 bits per heavy atom. The van der Waals surface area contributed by atoms with Crippen LogP contribution in [0.3, 0.4) is 0 Å². The van der Waals surface area contributed by atoms with E-state index in [0.717, 1.165) is 29.4 Å². The van der Waals surface area contributed by atoms with Gasteiger partial charge in [0.1, 0.15) is 39.2 Å². The Balaban J connectivity index is 1.63. The third-order valence-electron chi connectivity index (χ3n) is 8.33. The highest BCUT2D eigenvalue weighted by molar-refractivity contribution is 6.68. The van der Waals surface area contributed by atoms with E-state index in [2.05, 4.69) is 54.6 Å². The molecule has 1 heterocycles. The van der Waals surface area contributed by atoms with Crippen LogP contribution < -0.4 is 27.3 Å². The summed E-state index contributed by atoms with van der Waals surface area (Å²) in [6.07, 6.45) is 1.97. The molecule has 0 fully saturated rings. The maximum atomic E-state index is 6.46. The fourth-order valence-electron chi connectivity index (χ4n) is 6.61. The van der Waals surface area contributed by atoms with Crippen LogP contribution in [0.25, 0.3) is 22.3 Å². The van der Waals surface area contributed by atoms with Gasteiger partial charge in [-0.05, 0) is 41.2 Å². The van der Waals surface area contributed by atoms with Gasteiger partial charge in [0.05, 0.1) is 16.6 Å². The number of nitrogens with zero attached hydrogens (tertiary/aromatic N) is 2. The minimum Gasteiger partial charge on any atom is -0.231 e. The second-order valence-corrected chi connectivity index (χ2v) is 10.0. The number of aromatic nitrogens is 2. The summed E-state index contributed by atoms with van der Waals surface area (Å²) in [6.45, 7) is 0. The molecule has 37 heavy (non-hydrogen) atoms. The molecule has 0 saturated carbocycles. The predicted molar refractivity (Wildman–Crippen MR) is 156 cm³/mol. The van der Waals surface area contributed by atoms with Crippen LogP contribution in [-0.4, -0.2) is 49.2 Å². The van der Waals surface area contributed by atoms with Crippen molar-refractivity contribution in [3.05, 3.63) is 101 Å². The number of fused-ring (bicyclic) bond motifs is 2. The van der Waals surface area contributed by atoms with Crippen LogP contribution in [-0.2, 0) is 5.41 Å². The first kappa shape index (κ1) is 22.7. The van der Waals surface area contributed by atoms with Gasteiger partial charge in [-0.1, -0.05) is 77.7 Å². The quantitative estimate of drug-likeness (QED) is 0.366. The lowest BCUT2D eigenvalue weighted by molar-refractivity contribution is 0.422. The van der Waals surface area contributed by atoms with Crippen molar-refractivity contribution in [2.24, 2.45) is 0 Å². The molecule has 10 radical (unpaired) electrons. The van der Waals surface area contributed by atoms with Crippen LogP contribution in [0.2, 0.25) is 0 Å². The van der Waals surface area contributed by atoms with E-state index >= 15 is 0 Å². The van der Waals surface area contributed by atoms with Gasteiger partial charge in [-0.2, -0.15) is 0 Å². The van der Waals surface area contributed by atoms with Gasteiger partial charge >= 0.3 is 0 Å². The molecule has 162 valence electrons. The van der Waals surface area contributed by atoms with Crippen LogP contribution in [0.4, 0.5) is 0 Å². The van der Waals surface area contributed by atoms with Crippen LogP contribution in [0.15, 0.2) is 72.8 Å². The van der Waals surface area contributed by atoms with Crippen molar-refractivity contribution in [3.8, 4) is 11.4 Å². The second kappa shape index (κ2) is 8.02. The molecule has 0 N–H and O–H groups in total. The molecule has 0 aliphatic heterocycles. The molecular formula is C30H17B5N2. The molecule has 0 spiro atoms. The summed E-state index contributed by atoms with van der Waals surface area (Å²) in [5, 5.41) is 0.990. The molecule has 0 amide bonds. The first-order chi connectivity index (χ1) is 17.9. The van der Waals surface area contributed by atoms with Gasteiger partial charge in [-0.3, -0.25) is 0 Å². The Bertz CT molecular complexity index is 1690. The van der Waals surface area contributed by atoms with E-state index in [1.165, 1.54) is 22.3 Å². The van der Waals surface area contributed by atoms with E-state index < -0.39 is 5.41 Å². The average Bonchev–Trinajstić information content (AvgIpc) is 2.95. The minimum atomic E-state index is -0.451. The van der Waals surface area contributed by atoms with E-state index in [9.17, 15) is 0 Å². The summed E-state index contributed by atoms with van der Waals surface area (Å²) in [7, 11) is 31.5. The van der Waals surface area contributed by atoms with Gasteiger partial charge in [-0.15, -0.1) is 16.4 Å². The van der Waals surface area contributed by atoms with Crippen molar-refractivity contribution >= 4 is 77.4 Å². The van der Waals surface area contributed by atoms with Gasteiger partial charge < -0.3 is 0 Å². The van der Waals surface area contributed by atoms with Gasteiger partial charge in [0.25, 0.3) is 0 Å². The van der Waals surface area contributed by atoms with Crippen molar-refractivity contribution in [1.29, 1.82) is 0 Å². The van der Waals surface area contributed by atoms with Crippen LogP contribution in [0.1, 0.15) is 46.7 Å². The van der Waals surface area contributed by atoms with Gasteiger partial charge in [0, 0.05) is 16.9 Å². The predicted octanol–water partition coefficient (Wildman–Crippen LogP) is 0.839. The molecule has 2 nitrogen and oxygen atoms in total. The molecule has 2 bridgehead atoms. The van der Waals surface area contributed by atoms with Gasteiger partial charge in [0.2, 0.25) is 0 Å². The zero-order valence-electron chi connectivity index (χ0n) is 20.2. The lowest BCUT2D eigenvalue weighted by Gasteiger charge is -2.49. The summed E-state index contributed by atoms with van der Waals surface area (Å²) in [4.78, 5) is 10.2. The standard InChI is InChI=1S/C30H17B5N2/c31-23-22(24(32)26(34)27(35)25(23)33)29-36-21-12-6-3-9-18(21)28(37-29)30-14-13-15(16-7-1-4-10-19(16)30)17-8-2-5-11-20(17)30/h1-12,15H,13-14H2. The third kappa shape index (κ3) is 2.94. The molecule has 7 heteroatoms. The zero-order valence-corrected chi connectivity index (χ0v) is 20.2. The van der Waals surface area contributed by atoms with Crippen molar-refractivity contribution in [3.63, 3.8) is 0 Å². The molecule has 0 atom stereocenters. The first-order valence-corrected chi connectivity index (χ1v) is 12.4. The second-order valence-electron chi connectivity index (χ2n) is 10.0. The highest BCUT2D eigenvalue weighted by Crippen LogP contribution is 2.59.